The van der Waals surface area contributed by atoms with Gasteiger partial charge in [-0.15, -0.1) is 0 Å². The molecule has 0 aromatic rings. The molecule has 0 spiro atoms. The predicted molar refractivity (Wildman–Crippen MR) is 61.5 cm³/mol. The molecule has 0 heterocycles. The fraction of sp³-hybridized carbons (Fsp3) is 0.667. The summed E-state index contributed by atoms with van der Waals surface area (Å²) in [6, 6.07) is 0. The molecule has 0 aromatic heterocycles. The summed E-state index contributed by atoms with van der Waals surface area (Å²) in [5.41, 5.74) is 0. The van der Waals surface area contributed by atoms with Crippen LogP contribution in [0.25, 0.3) is 0 Å². The SMILES string of the molecule is O=C(NCCSC(=O)C(Cl)Cl)C(Cl)Cl. The number of hydrogen-bond acceptors (Lipinski definition) is 3. The Morgan fingerprint density at radius 2 is 1.71 bits per heavy atom. The fourth-order valence-corrected chi connectivity index (χ4v) is 1.53. The van der Waals surface area contributed by atoms with Crippen molar-refractivity contribution in [2.45, 2.75) is 9.67 Å². The molecule has 0 aliphatic heterocycles. The van der Waals surface area contributed by atoms with Gasteiger partial charge in [0, 0.05) is 12.3 Å². The zero-order valence-corrected chi connectivity index (χ0v) is 10.6. The third-order valence-corrected chi connectivity index (χ3v) is 3.00. The van der Waals surface area contributed by atoms with Crippen LogP contribution < -0.4 is 5.32 Å². The van der Waals surface area contributed by atoms with E-state index < -0.39 is 15.6 Å². The van der Waals surface area contributed by atoms with Gasteiger partial charge in [0.25, 0.3) is 5.91 Å². The summed E-state index contributed by atoms with van der Waals surface area (Å²) < 4.78 is 0. The molecule has 1 N–H and O–H groups in total. The van der Waals surface area contributed by atoms with Crippen molar-refractivity contribution in [3.8, 4) is 0 Å². The molecule has 0 fully saturated rings. The smallest absolute Gasteiger partial charge is 0.253 e. The second kappa shape index (κ2) is 7.88. The Bertz CT molecular complexity index is 190. The summed E-state index contributed by atoms with van der Waals surface area (Å²) >= 11 is 22.0. The highest BCUT2D eigenvalue weighted by Gasteiger charge is 2.13. The minimum atomic E-state index is -1.09. The molecule has 0 saturated carbocycles. The molecule has 0 atom stereocenters. The van der Waals surface area contributed by atoms with Gasteiger partial charge < -0.3 is 5.32 Å². The first-order valence-corrected chi connectivity index (χ1v) is 6.19. The van der Waals surface area contributed by atoms with E-state index in [1.165, 1.54) is 0 Å². The fourth-order valence-electron chi connectivity index (χ4n) is 0.466. The number of hydrogen-bond donors (Lipinski definition) is 1. The minimum Gasteiger partial charge on any atom is -0.353 e. The third kappa shape index (κ3) is 7.01. The highest BCUT2D eigenvalue weighted by Crippen LogP contribution is 2.13. The van der Waals surface area contributed by atoms with E-state index in [0.29, 0.717) is 5.75 Å². The van der Waals surface area contributed by atoms with E-state index in [9.17, 15) is 9.59 Å². The van der Waals surface area contributed by atoms with Crippen LogP contribution in [0.15, 0.2) is 0 Å². The lowest BCUT2D eigenvalue weighted by Crippen LogP contribution is -2.30. The number of halogens is 4. The van der Waals surface area contributed by atoms with Crippen molar-refractivity contribution in [3.63, 3.8) is 0 Å². The van der Waals surface area contributed by atoms with Gasteiger partial charge in [-0.05, 0) is 0 Å². The molecule has 0 radical (unpaired) electrons. The molecule has 0 aliphatic carbocycles. The maximum absolute atomic E-state index is 10.9. The summed E-state index contributed by atoms with van der Waals surface area (Å²) in [7, 11) is 0. The first-order valence-electron chi connectivity index (χ1n) is 3.45. The average Bonchev–Trinajstić information content (AvgIpc) is 2.11. The molecule has 8 heteroatoms. The van der Waals surface area contributed by atoms with Gasteiger partial charge >= 0.3 is 0 Å². The second-order valence-corrected chi connectivity index (χ2v) is 5.35. The molecule has 0 saturated heterocycles. The van der Waals surface area contributed by atoms with E-state index in [2.05, 4.69) is 5.32 Å². The molecule has 0 unspecified atom stereocenters. The molecule has 3 nitrogen and oxygen atoms in total. The van der Waals surface area contributed by atoms with E-state index in [4.69, 9.17) is 46.4 Å². The van der Waals surface area contributed by atoms with E-state index >= 15 is 0 Å². The van der Waals surface area contributed by atoms with Gasteiger partial charge in [0.15, 0.2) is 9.67 Å². The Morgan fingerprint density at radius 3 is 2.14 bits per heavy atom. The molecular weight excluding hydrogens is 292 g/mol. The lowest BCUT2D eigenvalue weighted by molar-refractivity contribution is -0.119. The highest BCUT2D eigenvalue weighted by molar-refractivity contribution is 8.14. The third-order valence-electron chi connectivity index (χ3n) is 1.02. The van der Waals surface area contributed by atoms with Gasteiger partial charge in [0.1, 0.15) is 0 Å². The van der Waals surface area contributed by atoms with Gasteiger partial charge in [-0.3, -0.25) is 9.59 Å². The Labute approximate surface area is 106 Å². The molecule has 14 heavy (non-hydrogen) atoms. The van der Waals surface area contributed by atoms with Gasteiger partial charge in [-0.1, -0.05) is 58.2 Å². The number of amides is 1. The summed E-state index contributed by atoms with van der Waals surface area (Å²) in [5.74, 6) is -0.115. The van der Waals surface area contributed by atoms with Gasteiger partial charge in [-0.25, -0.2) is 0 Å². The first-order chi connectivity index (χ1) is 6.45. The van der Waals surface area contributed by atoms with Crippen LogP contribution in [-0.2, 0) is 9.59 Å². The van der Waals surface area contributed by atoms with Gasteiger partial charge in [0.2, 0.25) is 5.12 Å². The molecule has 1 amide bonds. The summed E-state index contributed by atoms with van der Waals surface area (Å²) in [6.07, 6.45) is 0. The van der Waals surface area contributed by atoms with Gasteiger partial charge in [-0.2, -0.15) is 0 Å². The van der Waals surface area contributed by atoms with Gasteiger partial charge in [0.05, 0.1) is 0 Å². The Balaban J connectivity index is 3.48. The lowest BCUT2D eigenvalue weighted by atomic mass is 10.6. The van der Waals surface area contributed by atoms with Crippen molar-refractivity contribution in [2.24, 2.45) is 0 Å². The number of rotatable bonds is 5. The Hall–Kier alpha value is 0.650. The highest BCUT2D eigenvalue weighted by atomic mass is 35.5. The van der Waals surface area contributed by atoms with E-state index in [1.54, 1.807) is 0 Å². The number of nitrogens with one attached hydrogen (secondary N) is 1. The van der Waals surface area contributed by atoms with E-state index in [0.717, 1.165) is 11.8 Å². The Morgan fingerprint density at radius 1 is 1.14 bits per heavy atom. The predicted octanol–water partition coefficient (Wildman–Crippen LogP) is 1.97. The van der Waals surface area contributed by atoms with Crippen LogP contribution in [0, 0.1) is 0 Å². The van der Waals surface area contributed by atoms with E-state index in [1.807, 2.05) is 0 Å². The van der Waals surface area contributed by atoms with Crippen LogP contribution in [0.3, 0.4) is 0 Å². The average molecular weight is 299 g/mol. The standard InChI is InChI=1S/C6H7Cl4NO2S/c7-3(8)5(12)11-1-2-14-6(13)4(9)10/h3-4H,1-2H2,(H,11,12). The van der Waals surface area contributed by atoms with Crippen LogP contribution in [-0.4, -0.2) is 33.0 Å². The van der Waals surface area contributed by atoms with Crippen LogP contribution in [0.1, 0.15) is 0 Å². The maximum Gasteiger partial charge on any atom is 0.253 e. The molecule has 82 valence electrons. The Kier molecular flexibility index (Phi) is 8.25. The largest absolute Gasteiger partial charge is 0.353 e. The summed E-state index contributed by atoms with van der Waals surface area (Å²) in [4.78, 5) is 19.5. The van der Waals surface area contributed by atoms with Crippen molar-refractivity contribution in [1.82, 2.24) is 5.32 Å². The molecule has 0 aromatic carbocycles. The monoisotopic (exact) mass is 297 g/mol. The van der Waals surface area contributed by atoms with Crippen LogP contribution in [0.4, 0.5) is 0 Å². The van der Waals surface area contributed by atoms with Crippen LogP contribution >= 0.6 is 58.2 Å². The molecular formula is C6H7Cl4NO2S. The summed E-state index contributed by atoms with van der Waals surface area (Å²) in [5, 5.41) is 2.06. The van der Waals surface area contributed by atoms with Crippen molar-refractivity contribution in [3.05, 3.63) is 0 Å². The van der Waals surface area contributed by atoms with Crippen molar-refractivity contribution in [1.29, 1.82) is 0 Å². The first kappa shape index (κ1) is 14.6. The number of alkyl halides is 4. The second-order valence-electron chi connectivity index (χ2n) is 2.06. The topological polar surface area (TPSA) is 46.2 Å². The molecule has 0 bridgehead atoms. The lowest BCUT2D eigenvalue weighted by Gasteiger charge is -2.04. The quantitative estimate of drug-likeness (QED) is 0.623. The minimum absolute atomic E-state index is 0.283. The molecule has 0 aliphatic rings. The maximum atomic E-state index is 10.9. The van der Waals surface area contributed by atoms with E-state index in [-0.39, 0.29) is 11.7 Å². The summed E-state index contributed by atoms with van der Waals surface area (Å²) in [6.45, 7) is 0.283. The van der Waals surface area contributed by atoms with Crippen LogP contribution in [0.2, 0.25) is 0 Å². The number of carbonyl (C=O) groups excluding carboxylic acids is 2. The van der Waals surface area contributed by atoms with Crippen LogP contribution in [0.5, 0.6) is 0 Å². The molecule has 0 rings (SSSR count). The zero-order valence-electron chi connectivity index (χ0n) is 6.81. The number of thioether (sulfide) groups is 1. The zero-order chi connectivity index (χ0) is 11.1. The van der Waals surface area contributed by atoms with Crippen molar-refractivity contribution < 1.29 is 9.59 Å². The van der Waals surface area contributed by atoms with Crippen molar-refractivity contribution in [2.75, 3.05) is 12.3 Å². The normalized spacial score (nSPS) is 10.7. The number of carbonyl (C=O) groups is 2. The van der Waals surface area contributed by atoms with Crippen molar-refractivity contribution >= 4 is 69.2 Å².